The lowest BCUT2D eigenvalue weighted by Gasteiger charge is -2.04. The molecule has 0 saturated carbocycles. The van der Waals surface area contributed by atoms with Crippen LogP contribution in [-0.4, -0.2) is 24.6 Å². The number of carbonyl (C=O) groups is 2. The van der Waals surface area contributed by atoms with E-state index in [2.05, 4.69) is 22.4 Å². The molecule has 0 bridgehead atoms. The van der Waals surface area contributed by atoms with Crippen molar-refractivity contribution in [2.24, 2.45) is 5.10 Å². The number of hydrogen-bond acceptors (Lipinski definition) is 4. The van der Waals surface area contributed by atoms with Crippen LogP contribution in [0.1, 0.15) is 17.5 Å². The molecule has 2 N–H and O–H groups in total. The van der Waals surface area contributed by atoms with Gasteiger partial charge in [0, 0.05) is 6.54 Å². The number of nitrogens with one attached hydrogen (secondary N) is 2. The van der Waals surface area contributed by atoms with Crippen LogP contribution in [0, 0.1) is 0 Å². The number of nitrogens with zero attached hydrogens (tertiary/aromatic N) is 1. The van der Waals surface area contributed by atoms with Gasteiger partial charge < -0.3 is 10.1 Å². The van der Waals surface area contributed by atoms with Gasteiger partial charge in [0.05, 0.1) is 6.21 Å². The predicted molar refractivity (Wildman–Crippen MR) is 101 cm³/mol. The van der Waals surface area contributed by atoms with Gasteiger partial charge in [-0.3, -0.25) is 9.59 Å². The summed E-state index contributed by atoms with van der Waals surface area (Å²) in [5.74, 6) is -0.107. The molecule has 0 radical (unpaired) electrons. The van der Waals surface area contributed by atoms with Gasteiger partial charge in [-0.25, -0.2) is 5.43 Å². The van der Waals surface area contributed by atoms with Gasteiger partial charge in [-0.15, -0.1) is 0 Å². The molecule has 134 valence electrons. The molecular weight excluding hydrogens is 330 g/mol. The van der Waals surface area contributed by atoms with E-state index in [1.54, 1.807) is 30.3 Å². The first-order valence-electron chi connectivity index (χ1n) is 8.13. The summed E-state index contributed by atoms with van der Waals surface area (Å²) in [7, 11) is 0. The Hall–Kier alpha value is -3.41. The lowest BCUT2D eigenvalue weighted by Crippen LogP contribution is -2.29. The Morgan fingerprint density at radius 2 is 1.77 bits per heavy atom. The normalized spacial score (nSPS) is 10.3. The van der Waals surface area contributed by atoms with E-state index in [9.17, 15) is 9.59 Å². The minimum absolute atomic E-state index is 0.279. The molecule has 2 rings (SSSR count). The summed E-state index contributed by atoms with van der Waals surface area (Å²) in [4.78, 5) is 23.5. The Morgan fingerprint density at radius 3 is 2.46 bits per heavy atom. The maximum absolute atomic E-state index is 11.7. The Labute approximate surface area is 152 Å². The molecule has 6 heteroatoms. The van der Waals surface area contributed by atoms with Crippen LogP contribution < -0.4 is 15.5 Å². The third kappa shape index (κ3) is 7.00. The van der Waals surface area contributed by atoms with E-state index >= 15 is 0 Å². The van der Waals surface area contributed by atoms with Crippen molar-refractivity contribution in [3.05, 3.63) is 78.4 Å². The number of hydrogen-bond donors (Lipinski definition) is 2. The minimum atomic E-state index is -0.474. The van der Waals surface area contributed by atoms with Gasteiger partial charge in [0.25, 0.3) is 0 Å². The quantitative estimate of drug-likeness (QED) is 0.315. The third-order valence-corrected chi connectivity index (χ3v) is 3.30. The molecule has 0 aliphatic heterocycles. The van der Waals surface area contributed by atoms with Crippen molar-refractivity contribution in [2.45, 2.75) is 13.0 Å². The molecule has 0 aliphatic carbocycles. The van der Waals surface area contributed by atoms with E-state index in [0.29, 0.717) is 13.2 Å². The first kappa shape index (κ1) is 18.9. The monoisotopic (exact) mass is 351 g/mol. The number of rotatable bonds is 9. The minimum Gasteiger partial charge on any atom is -0.490 e. The number of amides is 2. The molecule has 0 heterocycles. The van der Waals surface area contributed by atoms with Crippen molar-refractivity contribution in [3.8, 4) is 5.75 Å². The first-order valence-corrected chi connectivity index (χ1v) is 8.13. The van der Waals surface area contributed by atoms with E-state index in [0.717, 1.165) is 16.9 Å². The van der Waals surface area contributed by atoms with Gasteiger partial charge in [-0.2, -0.15) is 5.10 Å². The van der Waals surface area contributed by atoms with Crippen LogP contribution in [-0.2, 0) is 16.1 Å². The fourth-order valence-electron chi connectivity index (χ4n) is 2.03. The molecule has 0 unspecified atom stereocenters. The van der Waals surface area contributed by atoms with Gasteiger partial charge in [0.1, 0.15) is 18.8 Å². The number of carbonyl (C=O) groups excluding carboxylic acids is 2. The summed E-state index contributed by atoms with van der Waals surface area (Å²) in [5, 5.41) is 6.53. The van der Waals surface area contributed by atoms with Gasteiger partial charge in [0.15, 0.2) is 0 Å². The zero-order chi connectivity index (χ0) is 18.6. The van der Waals surface area contributed by atoms with Gasteiger partial charge in [-0.1, -0.05) is 43.0 Å². The van der Waals surface area contributed by atoms with Crippen LogP contribution >= 0.6 is 0 Å². The Balaban J connectivity index is 1.71. The van der Waals surface area contributed by atoms with Gasteiger partial charge in [-0.05, 0) is 35.4 Å². The van der Waals surface area contributed by atoms with Crippen molar-refractivity contribution in [1.29, 1.82) is 0 Å². The Kier molecular flexibility index (Phi) is 7.61. The molecular formula is C20H21N3O3. The summed E-state index contributed by atoms with van der Waals surface area (Å²) < 4.78 is 5.37. The molecule has 0 spiro atoms. The van der Waals surface area contributed by atoms with Crippen molar-refractivity contribution in [1.82, 2.24) is 10.7 Å². The molecule has 2 aromatic rings. The summed E-state index contributed by atoms with van der Waals surface area (Å²) in [6, 6.07) is 16.7. The predicted octanol–water partition coefficient (Wildman–Crippen LogP) is 2.41. The van der Waals surface area contributed by atoms with Gasteiger partial charge >= 0.3 is 0 Å². The Bertz CT molecular complexity index is 756. The van der Waals surface area contributed by atoms with Crippen molar-refractivity contribution < 1.29 is 14.3 Å². The highest BCUT2D eigenvalue weighted by molar-refractivity contribution is 5.97. The molecule has 0 fully saturated rings. The van der Waals surface area contributed by atoms with Crippen molar-refractivity contribution in [2.75, 3.05) is 6.61 Å². The fraction of sp³-hybridized carbons (Fsp3) is 0.150. The standard InChI is InChI=1S/C20H21N3O3/c1-2-12-26-18-10-8-17(9-11-18)15-22-23-20(25)13-19(24)21-14-16-6-4-3-5-7-16/h2-11,15H,1,12-14H2,(H,21,24)(H,23,25)/b22-15+. The summed E-state index contributed by atoms with van der Waals surface area (Å²) in [6.07, 6.45) is 2.89. The maximum Gasteiger partial charge on any atom is 0.249 e. The third-order valence-electron chi connectivity index (χ3n) is 3.30. The molecule has 2 amide bonds. The zero-order valence-corrected chi connectivity index (χ0v) is 14.4. The van der Waals surface area contributed by atoms with E-state index in [1.165, 1.54) is 6.21 Å². The number of benzene rings is 2. The average molecular weight is 351 g/mol. The molecule has 2 aromatic carbocycles. The molecule has 0 atom stereocenters. The highest BCUT2D eigenvalue weighted by Crippen LogP contribution is 2.10. The lowest BCUT2D eigenvalue weighted by atomic mass is 10.2. The Morgan fingerprint density at radius 1 is 1.04 bits per heavy atom. The maximum atomic E-state index is 11.7. The zero-order valence-electron chi connectivity index (χ0n) is 14.4. The van der Waals surface area contributed by atoms with Crippen LogP contribution in [0.3, 0.4) is 0 Å². The molecule has 0 aliphatic rings. The highest BCUT2D eigenvalue weighted by atomic mass is 16.5. The topological polar surface area (TPSA) is 79.8 Å². The van der Waals surface area contributed by atoms with E-state index in [1.807, 2.05) is 30.3 Å². The van der Waals surface area contributed by atoms with Gasteiger partial charge in [0.2, 0.25) is 11.8 Å². The highest BCUT2D eigenvalue weighted by Gasteiger charge is 2.08. The molecule has 6 nitrogen and oxygen atoms in total. The summed E-state index contributed by atoms with van der Waals surface area (Å²) in [5.41, 5.74) is 4.10. The smallest absolute Gasteiger partial charge is 0.249 e. The first-order chi connectivity index (χ1) is 12.7. The van der Waals surface area contributed by atoms with Crippen LogP contribution in [0.5, 0.6) is 5.75 Å². The van der Waals surface area contributed by atoms with E-state index in [4.69, 9.17) is 4.74 Å². The van der Waals surface area contributed by atoms with Crippen LogP contribution in [0.25, 0.3) is 0 Å². The van der Waals surface area contributed by atoms with Crippen LogP contribution in [0.2, 0.25) is 0 Å². The van der Waals surface area contributed by atoms with Crippen molar-refractivity contribution >= 4 is 18.0 Å². The molecule has 0 saturated heterocycles. The van der Waals surface area contributed by atoms with Crippen LogP contribution in [0.15, 0.2) is 72.4 Å². The second kappa shape index (κ2) is 10.5. The second-order valence-corrected chi connectivity index (χ2v) is 5.40. The largest absolute Gasteiger partial charge is 0.490 e. The SMILES string of the molecule is C=CCOc1ccc(/C=N/NC(=O)CC(=O)NCc2ccccc2)cc1. The average Bonchev–Trinajstić information content (AvgIpc) is 2.66. The number of ether oxygens (including phenoxy) is 1. The fourth-order valence-corrected chi connectivity index (χ4v) is 2.03. The van der Waals surface area contributed by atoms with E-state index < -0.39 is 5.91 Å². The molecule has 0 aromatic heterocycles. The lowest BCUT2D eigenvalue weighted by molar-refractivity contribution is -0.129. The number of hydrazone groups is 1. The summed E-state index contributed by atoms with van der Waals surface area (Å²) in [6.45, 7) is 4.41. The summed E-state index contributed by atoms with van der Waals surface area (Å²) >= 11 is 0. The van der Waals surface area contributed by atoms with E-state index in [-0.39, 0.29) is 12.3 Å². The molecule has 26 heavy (non-hydrogen) atoms. The van der Waals surface area contributed by atoms with Crippen molar-refractivity contribution in [3.63, 3.8) is 0 Å². The second-order valence-electron chi connectivity index (χ2n) is 5.40. The van der Waals surface area contributed by atoms with Crippen LogP contribution in [0.4, 0.5) is 0 Å².